The number of carbonyl (C=O) groups is 1. The molecule has 1 N–H and O–H groups in total. The van der Waals surface area contributed by atoms with Crippen molar-refractivity contribution in [3.8, 4) is 0 Å². The third-order valence-electron chi connectivity index (χ3n) is 2.76. The number of hydrogen-bond donors (Lipinski definition) is 1. The SMILES string of the molecule is CC(C)(C(=O)O)c1coc2cccc(Br)c12. The van der Waals surface area contributed by atoms with Crippen molar-refractivity contribution >= 4 is 32.9 Å². The van der Waals surface area contributed by atoms with E-state index in [2.05, 4.69) is 15.9 Å². The van der Waals surface area contributed by atoms with Gasteiger partial charge in [-0.25, -0.2) is 0 Å². The van der Waals surface area contributed by atoms with Gasteiger partial charge in [-0.05, 0) is 26.0 Å². The molecule has 3 nitrogen and oxygen atoms in total. The highest BCUT2D eigenvalue weighted by atomic mass is 79.9. The van der Waals surface area contributed by atoms with Crippen LogP contribution in [-0.4, -0.2) is 11.1 Å². The van der Waals surface area contributed by atoms with Gasteiger partial charge in [0.1, 0.15) is 5.58 Å². The number of carboxylic acids is 1. The number of furan rings is 1. The molecule has 0 aliphatic heterocycles. The maximum absolute atomic E-state index is 11.2. The molecule has 1 heterocycles. The molecule has 0 spiro atoms. The predicted octanol–water partition coefficient (Wildman–Crippen LogP) is 3.56. The summed E-state index contributed by atoms with van der Waals surface area (Å²) in [5.74, 6) is -0.869. The van der Waals surface area contributed by atoms with E-state index in [1.807, 2.05) is 18.2 Å². The van der Waals surface area contributed by atoms with Gasteiger partial charge in [-0.3, -0.25) is 4.79 Å². The molecule has 84 valence electrons. The van der Waals surface area contributed by atoms with Gasteiger partial charge in [0.25, 0.3) is 0 Å². The smallest absolute Gasteiger partial charge is 0.313 e. The summed E-state index contributed by atoms with van der Waals surface area (Å²) in [6, 6.07) is 5.55. The molecule has 0 atom stereocenters. The van der Waals surface area contributed by atoms with E-state index < -0.39 is 11.4 Å². The number of hydrogen-bond acceptors (Lipinski definition) is 2. The standard InChI is InChI=1S/C12H11BrO3/c1-12(2,11(14)15)7-6-16-9-5-3-4-8(13)10(7)9/h3-6H,1-2H3,(H,14,15). The van der Waals surface area contributed by atoms with Crippen LogP contribution in [0.1, 0.15) is 19.4 Å². The van der Waals surface area contributed by atoms with Crippen LogP contribution in [-0.2, 0) is 10.2 Å². The average molecular weight is 283 g/mol. The Morgan fingerprint density at radius 1 is 1.44 bits per heavy atom. The largest absolute Gasteiger partial charge is 0.481 e. The van der Waals surface area contributed by atoms with E-state index in [4.69, 9.17) is 4.42 Å². The summed E-state index contributed by atoms with van der Waals surface area (Å²) < 4.78 is 6.22. The van der Waals surface area contributed by atoms with Crippen LogP contribution in [0.2, 0.25) is 0 Å². The molecular formula is C12H11BrO3. The summed E-state index contributed by atoms with van der Waals surface area (Å²) in [6.45, 7) is 3.33. The summed E-state index contributed by atoms with van der Waals surface area (Å²) >= 11 is 3.42. The van der Waals surface area contributed by atoms with Gasteiger partial charge in [0, 0.05) is 15.4 Å². The molecule has 4 heteroatoms. The third-order valence-corrected chi connectivity index (χ3v) is 3.42. The van der Waals surface area contributed by atoms with Crippen molar-refractivity contribution in [3.05, 3.63) is 34.5 Å². The molecule has 1 aromatic heterocycles. The number of fused-ring (bicyclic) bond motifs is 1. The van der Waals surface area contributed by atoms with Gasteiger partial charge >= 0.3 is 5.97 Å². The molecule has 0 saturated heterocycles. The molecule has 0 fully saturated rings. The van der Waals surface area contributed by atoms with Crippen molar-refractivity contribution in [2.75, 3.05) is 0 Å². The highest BCUT2D eigenvalue weighted by Gasteiger charge is 2.33. The first-order valence-electron chi connectivity index (χ1n) is 4.84. The molecule has 2 rings (SSSR count). The lowest BCUT2D eigenvalue weighted by atomic mass is 9.85. The van der Waals surface area contributed by atoms with E-state index in [0.29, 0.717) is 11.1 Å². The van der Waals surface area contributed by atoms with Crippen LogP contribution in [0.3, 0.4) is 0 Å². The molecule has 0 unspecified atom stereocenters. The monoisotopic (exact) mass is 282 g/mol. The minimum absolute atomic E-state index is 0.683. The molecule has 0 radical (unpaired) electrons. The lowest BCUT2D eigenvalue weighted by Crippen LogP contribution is -2.28. The first-order chi connectivity index (χ1) is 7.44. The summed E-state index contributed by atoms with van der Waals surface area (Å²) in [6.07, 6.45) is 1.52. The molecule has 0 aliphatic carbocycles. The van der Waals surface area contributed by atoms with Crippen LogP contribution in [0.5, 0.6) is 0 Å². The maximum Gasteiger partial charge on any atom is 0.313 e. The van der Waals surface area contributed by atoms with Crippen LogP contribution in [0.25, 0.3) is 11.0 Å². The summed E-state index contributed by atoms with van der Waals surface area (Å²) in [5, 5.41) is 10.0. The highest BCUT2D eigenvalue weighted by molar-refractivity contribution is 9.10. The second-order valence-electron chi connectivity index (χ2n) is 4.19. The van der Waals surface area contributed by atoms with Crippen molar-refractivity contribution in [2.45, 2.75) is 19.3 Å². The highest BCUT2D eigenvalue weighted by Crippen LogP contribution is 2.36. The Morgan fingerprint density at radius 2 is 2.12 bits per heavy atom. The molecule has 2 aromatic rings. The Labute approximate surface area is 101 Å². The van der Waals surface area contributed by atoms with E-state index >= 15 is 0 Å². The van der Waals surface area contributed by atoms with Gasteiger partial charge in [0.05, 0.1) is 11.7 Å². The van der Waals surface area contributed by atoms with Crippen LogP contribution in [0.15, 0.2) is 33.4 Å². The van der Waals surface area contributed by atoms with Crippen LogP contribution >= 0.6 is 15.9 Å². The molecular weight excluding hydrogens is 272 g/mol. The zero-order valence-corrected chi connectivity index (χ0v) is 10.5. The van der Waals surface area contributed by atoms with Gasteiger partial charge in [0.15, 0.2) is 0 Å². The van der Waals surface area contributed by atoms with Crippen LogP contribution < -0.4 is 0 Å². The van der Waals surface area contributed by atoms with Gasteiger partial charge in [0.2, 0.25) is 0 Å². The summed E-state index contributed by atoms with van der Waals surface area (Å²) in [5.41, 5.74) is 0.413. The normalized spacial score (nSPS) is 11.9. The number of aliphatic carboxylic acids is 1. The second kappa shape index (κ2) is 3.63. The zero-order valence-electron chi connectivity index (χ0n) is 8.95. The van der Waals surface area contributed by atoms with Crippen molar-refractivity contribution in [3.63, 3.8) is 0 Å². The first kappa shape index (κ1) is 11.2. The lowest BCUT2D eigenvalue weighted by molar-refractivity contribution is -0.142. The Hall–Kier alpha value is -1.29. The third kappa shape index (κ3) is 1.53. The molecule has 0 aliphatic rings. The second-order valence-corrected chi connectivity index (χ2v) is 5.05. The van der Waals surface area contributed by atoms with E-state index in [1.54, 1.807) is 13.8 Å². The molecule has 0 bridgehead atoms. The Bertz CT molecular complexity index is 554. The predicted molar refractivity (Wildman–Crippen MR) is 64.6 cm³/mol. The quantitative estimate of drug-likeness (QED) is 0.916. The minimum Gasteiger partial charge on any atom is -0.481 e. The fraction of sp³-hybridized carbons (Fsp3) is 0.250. The first-order valence-corrected chi connectivity index (χ1v) is 5.63. The van der Waals surface area contributed by atoms with E-state index in [0.717, 1.165) is 9.86 Å². The minimum atomic E-state index is -0.963. The molecule has 0 saturated carbocycles. The molecule has 16 heavy (non-hydrogen) atoms. The Balaban J connectivity index is 2.76. The number of carboxylic acid groups (broad SMARTS) is 1. The van der Waals surface area contributed by atoms with E-state index in [-0.39, 0.29) is 0 Å². The topological polar surface area (TPSA) is 50.4 Å². The van der Waals surface area contributed by atoms with E-state index in [9.17, 15) is 9.90 Å². The van der Waals surface area contributed by atoms with Crippen molar-refractivity contribution in [1.82, 2.24) is 0 Å². The number of rotatable bonds is 2. The summed E-state index contributed by atoms with van der Waals surface area (Å²) in [7, 11) is 0. The van der Waals surface area contributed by atoms with Gasteiger partial charge < -0.3 is 9.52 Å². The van der Waals surface area contributed by atoms with Crippen molar-refractivity contribution < 1.29 is 14.3 Å². The molecule has 1 aromatic carbocycles. The van der Waals surface area contributed by atoms with Crippen LogP contribution in [0, 0.1) is 0 Å². The fourth-order valence-electron chi connectivity index (χ4n) is 1.62. The van der Waals surface area contributed by atoms with Crippen molar-refractivity contribution in [1.29, 1.82) is 0 Å². The zero-order chi connectivity index (χ0) is 11.9. The van der Waals surface area contributed by atoms with E-state index in [1.165, 1.54) is 6.26 Å². The van der Waals surface area contributed by atoms with Crippen molar-refractivity contribution in [2.24, 2.45) is 0 Å². The van der Waals surface area contributed by atoms with Gasteiger partial charge in [-0.2, -0.15) is 0 Å². The molecule has 0 amide bonds. The lowest BCUT2D eigenvalue weighted by Gasteiger charge is -2.17. The van der Waals surface area contributed by atoms with Gasteiger partial charge in [-0.15, -0.1) is 0 Å². The van der Waals surface area contributed by atoms with Crippen LogP contribution in [0.4, 0.5) is 0 Å². The fourth-order valence-corrected chi connectivity index (χ4v) is 2.18. The van der Waals surface area contributed by atoms with Gasteiger partial charge in [-0.1, -0.05) is 22.0 Å². The number of benzene rings is 1. The summed E-state index contributed by atoms with van der Waals surface area (Å²) in [4.78, 5) is 11.2. The number of halogens is 1. The average Bonchev–Trinajstić information content (AvgIpc) is 2.63. The Morgan fingerprint density at radius 3 is 2.75 bits per heavy atom. The Kier molecular flexibility index (Phi) is 2.54. The maximum atomic E-state index is 11.2.